The Bertz CT molecular complexity index is 861. The highest BCUT2D eigenvalue weighted by atomic mass is 16.2. The number of hydrogen-bond acceptors (Lipinski definition) is 4. The average Bonchev–Trinajstić information content (AvgIpc) is 2.99. The van der Waals surface area contributed by atoms with Gasteiger partial charge in [0.25, 0.3) is 0 Å². The van der Waals surface area contributed by atoms with E-state index in [1.165, 1.54) is 0 Å². The molecule has 1 aromatic carbocycles. The van der Waals surface area contributed by atoms with Gasteiger partial charge in [-0.15, -0.1) is 0 Å². The maximum Gasteiger partial charge on any atom is 0.323 e. The zero-order chi connectivity index (χ0) is 18.8. The van der Waals surface area contributed by atoms with E-state index in [0.717, 1.165) is 25.9 Å². The molecule has 0 saturated carbocycles. The molecular formula is C18H25N5O3. The number of H-pyrrole nitrogens is 2. The first-order valence-electron chi connectivity index (χ1n) is 8.83. The van der Waals surface area contributed by atoms with Gasteiger partial charge in [-0.3, -0.25) is 14.5 Å². The normalized spacial score (nSPS) is 17.2. The highest BCUT2D eigenvalue weighted by molar-refractivity contribution is 5.96. The first-order chi connectivity index (χ1) is 12.3. The van der Waals surface area contributed by atoms with E-state index in [-0.39, 0.29) is 29.5 Å². The molecule has 2 heterocycles. The van der Waals surface area contributed by atoms with Crippen LogP contribution in [0.3, 0.4) is 0 Å². The van der Waals surface area contributed by atoms with Crippen LogP contribution in [0.4, 0.5) is 5.69 Å². The Kier molecular flexibility index (Phi) is 5.13. The predicted octanol–water partition coefficient (Wildman–Crippen LogP) is 0.983. The molecule has 140 valence electrons. The minimum atomic E-state index is -0.286. The lowest BCUT2D eigenvalue weighted by Crippen LogP contribution is -2.48. The lowest BCUT2D eigenvalue weighted by Gasteiger charge is -2.35. The lowest BCUT2D eigenvalue weighted by atomic mass is 9.94. The van der Waals surface area contributed by atoms with Crippen molar-refractivity contribution in [3.8, 4) is 0 Å². The first kappa shape index (κ1) is 18.2. The number of piperidine rings is 1. The summed E-state index contributed by atoms with van der Waals surface area (Å²) in [7, 11) is 3.55. The molecule has 0 spiro atoms. The Balaban J connectivity index is 1.59. The molecule has 2 amide bonds. The fraction of sp³-hybridized carbons (Fsp3) is 0.500. The van der Waals surface area contributed by atoms with Gasteiger partial charge in [-0.1, -0.05) is 0 Å². The van der Waals surface area contributed by atoms with Crippen LogP contribution in [0.25, 0.3) is 11.0 Å². The van der Waals surface area contributed by atoms with Crippen molar-refractivity contribution >= 4 is 28.5 Å². The van der Waals surface area contributed by atoms with E-state index in [4.69, 9.17) is 0 Å². The van der Waals surface area contributed by atoms with Gasteiger partial charge in [0.15, 0.2) is 0 Å². The van der Waals surface area contributed by atoms with E-state index in [2.05, 4.69) is 20.2 Å². The van der Waals surface area contributed by atoms with Crippen LogP contribution >= 0.6 is 0 Å². The second-order valence-corrected chi connectivity index (χ2v) is 7.05. The molecule has 8 nitrogen and oxygen atoms in total. The molecule has 26 heavy (non-hydrogen) atoms. The molecule has 8 heteroatoms. The summed E-state index contributed by atoms with van der Waals surface area (Å²) in [6, 6.07) is 4.97. The summed E-state index contributed by atoms with van der Waals surface area (Å²) in [6.45, 7) is 3.33. The van der Waals surface area contributed by atoms with Gasteiger partial charge in [-0.25, -0.2) is 4.79 Å². The van der Waals surface area contributed by atoms with Crippen LogP contribution in [0.5, 0.6) is 0 Å². The molecule has 1 unspecified atom stereocenters. The second-order valence-electron chi connectivity index (χ2n) is 7.05. The average molecular weight is 359 g/mol. The molecular weight excluding hydrogens is 334 g/mol. The van der Waals surface area contributed by atoms with Gasteiger partial charge in [0.05, 0.1) is 17.1 Å². The van der Waals surface area contributed by atoms with Gasteiger partial charge >= 0.3 is 5.69 Å². The van der Waals surface area contributed by atoms with Crippen molar-refractivity contribution in [1.29, 1.82) is 0 Å². The van der Waals surface area contributed by atoms with Crippen LogP contribution in [0.1, 0.15) is 19.8 Å². The third-order valence-electron chi connectivity index (χ3n) is 5.03. The van der Waals surface area contributed by atoms with Gasteiger partial charge in [0.2, 0.25) is 11.8 Å². The summed E-state index contributed by atoms with van der Waals surface area (Å²) in [5.74, 6) is 0.111. The number of imidazole rings is 1. The molecule has 0 aliphatic carbocycles. The first-order valence-corrected chi connectivity index (χ1v) is 8.83. The van der Waals surface area contributed by atoms with Crippen molar-refractivity contribution in [2.45, 2.75) is 25.8 Å². The molecule has 1 aliphatic rings. The minimum Gasteiger partial charge on any atom is -0.349 e. The number of likely N-dealkylation sites (tertiary alicyclic amines) is 1. The van der Waals surface area contributed by atoms with Crippen molar-refractivity contribution in [2.75, 3.05) is 32.5 Å². The molecule has 2 aromatic rings. The predicted molar refractivity (Wildman–Crippen MR) is 100 cm³/mol. The van der Waals surface area contributed by atoms with E-state index < -0.39 is 0 Å². The van der Waals surface area contributed by atoms with E-state index in [0.29, 0.717) is 16.7 Å². The Morgan fingerprint density at radius 1 is 1.19 bits per heavy atom. The number of aromatic nitrogens is 2. The Hall–Kier alpha value is -2.61. The number of rotatable bonds is 4. The van der Waals surface area contributed by atoms with Crippen LogP contribution in [0.2, 0.25) is 0 Å². The molecule has 1 saturated heterocycles. The minimum absolute atomic E-state index is 0.0457. The number of carbonyl (C=O) groups excluding carboxylic acids is 2. The smallest absolute Gasteiger partial charge is 0.323 e. The number of aromatic amines is 2. The number of anilines is 1. The van der Waals surface area contributed by atoms with Crippen molar-refractivity contribution in [3.63, 3.8) is 0 Å². The van der Waals surface area contributed by atoms with Crippen LogP contribution in [0, 0.1) is 5.92 Å². The second kappa shape index (κ2) is 7.33. The van der Waals surface area contributed by atoms with Crippen molar-refractivity contribution in [1.82, 2.24) is 19.8 Å². The van der Waals surface area contributed by atoms with Crippen molar-refractivity contribution < 1.29 is 9.59 Å². The quantitative estimate of drug-likeness (QED) is 0.757. The third-order valence-corrected chi connectivity index (χ3v) is 5.03. The number of hydrogen-bond donors (Lipinski definition) is 3. The summed E-state index contributed by atoms with van der Waals surface area (Å²) in [5, 5.41) is 2.90. The Morgan fingerprint density at radius 2 is 1.85 bits per heavy atom. The summed E-state index contributed by atoms with van der Waals surface area (Å²) < 4.78 is 0. The SMILES string of the molecule is CC(C(=O)Nc1ccc2[nH]c(=O)[nH]c2c1)N1CCC(C(=O)N(C)C)CC1. The van der Waals surface area contributed by atoms with E-state index in [1.807, 2.05) is 6.92 Å². The molecule has 0 radical (unpaired) electrons. The third kappa shape index (κ3) is 3.80. The number of benzene rings is 1. The van der Waals surface area contributed by atoms with E-state index in [1.54, 1.807) is 37.2 Å². The van der Waals surface area contributed by atoms with Gasteiger partial charge < -0.3 is 20.2 Å². The van der Waals surface area contributed by atoms with Crippen LogP contribution < -0.4 is 11.0 Å². The Morgan fingerprint density at radius 3 is 2.50 bits per heavy atom. The number of nitrogens with one attached hydrogen (secondary N) is 3. The summed E-state index contributed by atoms with van der Waals surface area (Å²) in [6.07, 6.45) is 1.54. The van der Waals surface area contributed by atoms with E-state index in [9.17, 15) is 14.4 Å². The van der Waals surface area contributed by atoms with Gasteiger partial charge in [0, 0.05) is 25.7 Å². The molecule has 0 bridgehead atoms. The molecule has 1 fully saturated rings. The van der Waals surface area contributed by atoms with Crippen molar-refractivity contribution in [2.24, 2.45) is 5.92 Å². The highest BCUT2D eigenvalue weighted by Gasteiger charge is 2.30. The van der Waals surface area contributed by atoms with Crippen molar-refractivity contribution in [3.05, 3.63) is 28.7 Å². The summed E-state index contributed by atoms with van der Waals surface area (Å²) >= 11 is 0. The van der Waals surface area contributed by atoms with Crippen LogP contribution in [0.15, 0.2) is 23.0 Å². The van der Waals surface area contributed by atoms with E-state index >= 15 is 0 Å². The monoisotopic (exact) mass is 359 g/mol. The Labute approximate surface area is 151 Å². The topological polar surface area (TPSA) is 101 Å². The molecule has 3 N–H and O–H groups in total. The number of fused-ring (bicyclic) bond motifs is 1. The molecule has 1 aliphatic heterocycles. The maximum atomic E-state index is 12.6. The largest absolute Gasteiger partial charge is 0.349 e. The number of carbonyl (C=O) groups is 2. The fourth-order valence-corrected chi connectivity index (χ4v) is 3.42. The molecule has 1 atom stereocenters. The van der Waals surface area contributed by atoms with Gasteiger partial charge in [-0.05, 0) is 51.1 Å². The lowest BCUT2D eigenvalue weighted by molar-refractivity contribution is -0.134. The summed E-state index contributed by atoms with van der Waals surface area (Å²) in [5.41, 5.74) is 1.73. The standard InChI is InChI=1S/C18H25N5O3/c1-11(23-8-6-12(7-9-23)17(25)22(2)3)16(24)19-13-4-5-14-15(10-13)21-18(26)20-14/h4-5,10-12H,6-9H2,1-3H3,(H,19,24)(H2,20,21,26). The van der Waals surface area contributed by atoms with Gasteiger partial charge in [-0.2, -0.15) is 0 Å². The highest BCUT2D eigenvalue weighted by Crippen LogP contribution is 2.21. The van der Waals surface area contributed by atoms with Crippen LogP contribution in [-0.2, 0) is 9.59 Å². The number of nitrogens with zero attached hydrogens (tertiary/aromatic N) is 2. The fourth-order valence-electron chi connectivity index (χ4n) is 3.42. The maximum absolute atomic E-state index is 12.6. The zero-order valence-corrected chi connectivity index (χ0v) is 15.3. The molecule has 3 rings (SSSR count). The molecule has 1 aromatic heterocycles. The van der Waals surface area contributed by atoms with Crippen LogP contribution in [-0.4, -0.2) is 64.8 Å². The summed E-state index contributed by atoms with van der Waals surface area (Å²) in [4.78, 5) is 45.0. The van der Waals surface area contributed by atoms with Gasteiger partial charge in [0.1, 0.15) is 0 Å². The number of amides is 2. The zero-order valence-electron chi connectivity index (χ0n) is 15.3.